The van der Waals surface area contributed by atoms with Gasteiger partial charge in [-0.05, 0) is 38.8 Å². The van der Waals surface area contributed by atoms with Gasteiger partial charge in [0.05, 0.1) is 18.8 Å². The molecule has 1 atom stereocenters. The van der Waals surface area contributed by atoms with E-state index in [1.54, 1.807) is 19.0 Å². The number of carbonyl (C=O) groups is 1. The molecule has 1 aromatic rings. The second kappa shape index (κ2) is 13.1. The summed E-state index contributed by atoms with van der Waals surface area (Å²) in [6.07, 6.45) is 4.26. The molecule has 1 aliphatic rings. The standard InChI is InChI=1S/C21H39N7O.HI/c1-7-18-17(19(8-2)27(6)25-18)14-23-21(24-15-20(29)26(4)5)22-13-16-11-10-12-28(16)9-3;/h16H,7-15H2,1-6H3,(H2,22,23,24);1H. The number of nitrogens with one attached hydrogen (secondary N) is 2. The minimum absolute atomic E-state index is 0. The number of guanidine groups is 1. The van der Waals surface area contributed by atoms with E-state index in [1.807, 2.05) is 11.7 Å². The molecule has 0 aliphatic carbocycles. The lowest BCUT2D eigenvalue weighted by Gasteiger charge is -2.24. The third kappa shape index (κ3) is 7.11. The summed E-state index contributed by atoms with van der Waals surface area (Å²) in [6, 6.07) is 0.521. The van der Waals surface area contributed by atoms with Crippen LogP contribution in [0, 0.1) is 0 Å². The van der Waals surface area contributed by atoms with Crippen LogP contribution in [0.15, 0.2) is 4.99 Å². The van der Waals surface area contributed by atoms with Crippen LogP contribution in [0.2, 0.25) is 0 Å². The lowest BCUT2D eigenvalue weighted by Crippen LogP contribution is -2.47. The Morgan fingerprint density at radius 1 is 1.23 bits per heavy atom. The summed E-state index contributed by atoms with van der Waals surface area (Å²) in [5.41, 5.74) is 3.53. The van der Waals surface area contributed by atoms with E-state index in [0.717, 1.165) is 38.2 Å². The number of amides is 1. The minimum Gasteiger partial charge on any atom is -0.355 e. The molecule has 8 nitrogen and oxygen atoms in total. The lowest BCUT2D eigenvalue weighted by atomic mass is 10.1. The first kappa shape index (κ1) is 26.7. The van der Waals surface area contributed by atoms with Crippen molar-refractivity contribution in [1.82, 2.24) is 30.2 Å². The second-order valence-electron chi connectivity index (χ2n) is 7.81. The maximum absolute atomic E-state index is 12.0. The molecule has 1 amide bonds. The Morgan fingerprint density at radius 2 is 1.97 bits per heavy atom. The van der Waals surface area contributed by atoms with Crippen LogP contribution in [-0.4, -0.2) is 77.8 Å². The van der Waals surface area contributed by atoms with E-state index in [1.165, 1.54) is 24.1 Å². The molecule has 2 heterocycles. The van der Waals surface area contributed by atoms with Crippen molar-refractivity contribution in [1.29, 1.82) is 0 Å². The summed E-state index contributed by atoms with van der Waals surface area (Å²) < 4.78 is 1.97. The fourth-order valence-corrected chi connectivity index (χ4v) is 3.98. The Hall–Kier alpha value is -1.36. The van der Waals surface area contributed by atoms with Gasteiger partial charge in [-0.25, -0.2) is 4.99 Å². The number of aromatic nitrogens is 2. The molecule has 172 valence electrons. The van der Waals surface area contributed by atoms with Gasteiger partial charge >= 0.3 is 0 Å². The van der Waals surface area contributed by atoms with Gasteiger partial charge in [-0.3, -0.25) is 14.4 Å². The van der Waals surface area contributed by atoms with Crippen molar-refractivity contribution in [2.24, 2.45) is 12.0 Å². The average molecular weight is 534 g/mol. The first-order valence-electron chi connectivity index (χ1n) is 10.9. The van der Waals surface area contributed by atoms with Gasteiger partial charge in [-0.1, -0.05) is 20.8 Å². The maximum Gasteiger partial charge on any atom is 0.241 e. The molecule has 1 aliphatic heterocycles. The first-order valence-corrected chi connectivity index (χ1v) is 10.9. The van der Waals surface area contributed by atoms with E-state index in [0.29, 0.717) is 18.5 Å². The van der Waals surface area contributed by atoms with Gasteiger partial charge in [0.15, 0.2) is 5.96 Å². The van der Waals surface area contributed by atoms with Crippen LogP contribution in [0.3, 0.4) is 0 Å². The predicted molar refractivity (Wildman–Crippen MR) is 133 cm³/mol. The van der Waals surface area contributed by atoms with E-state index in [-0.39, 0.29) is 36.4 Å². The molecule has 0 spiro atoms. The van der Waals surface area contributed by atoms with Crippen molar-refractivity contribution in [2.75, 3.05) is 40.3 Å². The van der Waals surface area contributed by atoms with Gasteiger partial charge in [-0.2, -0.15) is 5.10 Å². The van der Waals surface area contributed by atoms with Crippen molar-refractivity contribution in [2.45, 2.75) is 59.0 Å². The Balaban J connectivity index is 0.00000450. The van der Waals surface area contributed by atoms with Gasteiger partial charge in [0, 0.05) is 45.0 Å². The van der Waals surface area contributed by atoms with E-state index in [9.17, 15) is 4.79 Å². The van der Waals surface area contributed by atoms with E-state index < -0.39 is 0 Å². The molecule has 1 fully saturated rings. The third-order valence-corrected chi connectivity index (χ3v) is 5.74. The van der Waals surface area contributed by atoms with Gasteiger partial charge in [-0.15, -0.1) is 24.0 Å². The van der Waals surface area contributed by atoms with E-state index >= 15 is 0 Å². The lowest BCUT2D eigenvalue weighted by molar-refractivity contribution is -0.127. The molecule has 9 heteroatoms. The number of halogens is 1. The van der Waals surface area contributed by atoms with Crippen molar-refractivity contribution >= 4 is 35.8 Å². The van der Waals surface area contributed by atoms with E-state index in [4.69, 9.17) is 4.99 Å². The number of aryl methyl sites for hydroxylation is 2. The summed E-state index contributed by atoms with van der Waals surface area (Å²) in [4.78, 5) is 21.0. The molecule has 0 radical (unpaired) electrons. The van der Waals surface area contributed by atoms with E-state index in [2.05, 4.69) is 41.4 Å². The molecule has 1 saturated heterocycles. The molecule has 0 bridgehead atoms. The Labute approximate surface area is 198 Å². The van der Waals surface area contributed by atoms with Crippen LogP contribution in [0.1, 0.15) is 50.6 Å². The highest BCUT2D eigenvalue weighted by molar-refractivity contribution is 14.0. The minimum atomic E-state index is 0. The molecule has 0 saturated carbocycles. The highest BCUT2D eigenvalue weighted by atomic mass is 127. The Bertz CT molecular complexity index is 702. The third-order valence-electron chi connectivity index (χ3n) is 5.74. The number of aliphatic imine (C=N–C) groups is 1. The van der Waals surface area contributed by atoms with Crippen LogP contribution in [-0.2, 0) is 31.2 Å². The highest BCUT2D eigenvalue weighted by Crippen LogP contribution is 2.17. The van der Waals surface area contributed by atoms with Crippen LogP contribution in [0.4, 0.5) is 0 Å². The number of hydrogen-bond donors (Lipinski definition) is 2. The molecule has 2 rings (SSSR count). The summed E-state index contributed by atoms with van der Waals surface area (Å²) in [7, 11) is 5.53. The van der Waals surface area contributed by atoms with Gasteiger partial charge in [0.2, 0.25) is 5.91 Å². The topological polar surface area (TPSA) is 77.8 Å². The fourth-order valence-electron chi connectivity index (χ4n) is 3.98. The van der Waals surface area contributed by atoms with Gasteiger partial charge in [0.25, 0.3) is 0 Å². The number of rotatable bonds is 9. The van der Waals surface area contributed by atoms with Crippen LogP contribution < -0.4 is 10.6 Å². The number of nitrogens with zero attached hydrogens (tertiary/aromatic N) is 5. The van der Waals surface area contributed by atoms with Gasteiger partial charge in [0.1, 0.15) is 0 Å². The molecular weight excluding hydrogens is 493 g/mol. The largest absolute Gasteiger partial charge is 0.355 e. The zero-order valence-electron chi connectivity index (χ0n) is 19.5. The highest BCUT2D eigenvalue weighted by Gasteiger charge is 2.23. The molecule has 2 N–H and O–H groups in total. The van der Waals surface area contributed by atoms with Gasteiger partial charge < -0.3 is 15.5 Å². The monoisotopic (exact) mass is 533 g/mol. The van der Waals surface area contributed by atoms with Crippen LogP contribution in [0.25, 0.3) is 0 Å². The molecule has 1 unspecified atom stereocenters. The summed E-state index contributed by atoms with van der Waals surface area (Å²) in [5, 5.41) is 11.3. The number of likely N-dealkylation sites (N-methyl/N-ethyl adjacent to an activating group) is 2. The van der Waals surface area contributed by atoms with Crippen LogP contribution in [0.5, 0.6) is 0 Å². The number of hydrogen-bond acceptors (Lipinski definition) is 4. The number of likely N-dealkylation sites (tertiary alicyclic amines) is 1. The molecular formula is C21H40IN7O. The average Bonchev–Trinajstić information content (AvgIpc) is 3.29. The SMILES string of the molecule is CCc1nn(C)c(CC)c1CN=C(NCC(=O)N(C)C)NCC1CCCN1CC.I. The molecule has 0 aromatic carbocycles. The van der Waals surface area contributed by atoms with Crippen LogP contribution >= 0.6 is 24.0 Å². The molecule has 1 aromatic heterocycles. The second-order valence-corrected chi connectivity index (χ2v) is 7.81. The zero-order chi connectivity index (χ0) is 21.4. The smallest absolute Gasteiger partial charge is 0.241 e. The maximum atomic E-state index is 12.0. The van der Waals surface area contributed by atoms with Crippen molar-refractivity contribution in [3.8, 4) is 0 Å². The normalized spacial score (nSPS) is 17.0. The quantitative estimate of drug-likeness (QED) is 0.288. The van der Waals surface area contributed by atoms with Crippen molar-refractivity contribution < 1.29 is 4.79 Å². The Morgan fingerprint density at radius 3 is 2.57 bits per heavy atom. The fraction of sp³-hybridized carbons (Fsp3) is 0.762. The Kier molecular flexibility index (Phi) is 11.7. The predicted octanol–water partition coefficient (Wildman–Crippen LogP) is 1.77. The molecule has 30 heavy (non-hydrogen) atoms. The van der Waals surface area contributed by atoms with Crippen molar-refractivity contribution in [3.63, 3.8) is 0 Å². The van der Waals surface area contributed by atoms with Crippen molar-refractivity contribution in [3.05, 3.63) is 17.0 Å². The number of carbonyl (C=O) groups excluding carboxylic acids is 1. The summed E-state index contributed by atoms with van der Waals surface area (Å²) >= 11 is 0. The summed E-state index contributed by atoms with van der Waals surface area (Å²) in [5.74, 6) is 0.719. The summed E-state index contributed by atoms with van der Waals surface area (Å²) in [6.45, 7) is 10.4. The zero-order valence-corrected chi connectivity index (χ0v) is 21.8. The first-order chi connectivity index (χ1) is 13.9.